The summed E-state index contributed by atoms with van der Waals surface area (Å²) < 4.78 is 10.5. The van der Waals surface area contributed by atoms with E-state index in [1.807, 2.05) is 0 Å². The molecule has 0 atom stereocenters. The third-order valence-electron chi connectivity index (χ3n) is 3.13. The fraction of sp³-hybridized carbons (Fsp3) is 0.125. The zero-order chi connectivity index (χ0) is 16.2. The van der Waals surface area contributed by atoms with Crippen LogP contribution >= 0.6 is 0 Å². The molecule has 3 rings (SSSR count). The minimum Gasteiger partial charge on any atom is -0.438 e. The number of carbonyl (C=O) groups excluding carboxylic acids is 1. The van der Waals surface area contributed by atoms with Crippen molar-refractivity contribution in [2.75, 3.05) is 5.32 Å². The predicted octanol–water partition coefficient (Wildman–Crippen LogP) is 3.13. The van der Waals surface area contributed by atoms with Crippen LogP contribution in [0.2, 0.25) is 0 Å². The molecule has 2 heterocycles. The topological polar surface area (TPSA) is 90.1 Å². The molecule has 0 radical (unpaired) electrons. The fourth-order valence-corrected chi connectivity index (χ4v) is 2.07. The second-order valence-corrected chi connectivity index (χ2v) is 4.82. The molecule has 1 N–H and O–H groups in total. The summed E-state index contributed by atoms with van der Waals surface area (Å²) >= 11 is 0. The quantitative estimate of drug-likeness (QED) is 0.796. The van der Waals surface area contributed by atoms with E-state index in [4.69, 9.17) is 9.26 Å². The van der Waals surface area contributed by atoms with E-state index >= 15 is 0 Å². The maximum Gasteiger partial charge on any atom is 0.261 e. The first-order chi connectivity index (χ1) is 11.1. The van der Waals surface area contributed by atoms with Crippen LogP contribution in [0.15, 0.2) is 47.4 Å². The van der Waals surface area contributed by atoms with Gasteiger partial charge in [-0.15, -0.1) is 0 Å². The average Bonchev–Trinajstić information content (AvgIpc) is 2.89. The summed E-state index contributed by atoms with van der Waals surface area (Å²) in [7, 11) is 0. The SMILES string of the molecule is Cc1noc(C)c1C(=O)Nc1ccc(Oc2cnccn2)cc1. The molecule has 7 nitrogen and oxygen atoms in total. The first-order valence-corrected chi connectivity index (χ1v) is 6.91. The molecule has 3 aromatic rings. The number of rotatable bonds is 4. The monoisotopic (exact) mass is 310 g/mol. The molecule has 0 fully saturated rings. The lowest BCUT2D eigenvalue weighted by atomic mass is 10.2. The molecular formula is C16H14N4O3. The molecule has 1 aromatic carbocycles. The molecule has 0 spiro atoms. The van der Waals surface area contributed by atoms with Gasteiger partial charge in [-0.25, -0.2) is 4.98 Å². The van der Waals surface area contributed by atoms with E-state index in [1.165, 1.54) is 6.20 Å². The second-order valence-electron chi connectivity index (χ2n) is 4.82. The van der Waals surface area contributed by atoms with E-state index in [9.17, 15) is 4.79 Å². The predicted molar refractivity (Wildman–Crippen MR) is 82.5 cm³/mol. The normalized spacial score (nSPS) is 10.3. The number of hydrogen-bond donors (Lipinski definition) is 1. The first-order valence-electron chi connectivity index (χ1n) is 6.91. The Kier molecular flexibility index (Phi) is 4.01. The highest BCUT2D eigenvalue weighted by Gasteiger charge is 2.17. The third kappa shape index (κ3) is 3.34. The highest BCUT2D eigenvalue weighted by molar-refractivity contribution is 6.05. The Morgan fingerprint density at radius 1 is 1.17 bits per heavy atom. The van der Waals surface area contributed by atoms with Gasteiger partial charge in [-0.3, -0.25) is 9.78 Å². The summed E-state index contributed by atoms with van der Waals surface area (Å²) in [5.41, 5.74) is 1.65. The van der Waals surface area contributed by atoms with Crippen LogP contribution in [-0.2, 0) is 0 Å². The van der Waals surface area contributed by atoms with Crippen molar-refractivity contribution in [2.45, 2.75) is 13.8 Å². The van der Waals surface area contributed by atoms with Crippen molar-refractivity contribution < 1.29 is 14.1 Å². The van der Waals surface area contributed by atoms with Crippen LogP contribution in [0.5, 0.6) is 11.6 Å². The molecule has 0 saturated carbocycles. The Morgan fingerprint density at radius 3 is 2.57 bits per heavy atom. The van der Waals surface area contributed by atoms with Crippen molar-refractivity contribution in [2.24, 2.45) is 0 Å². The molecule has 0 bridgehead atoms. The van der Waals surface area contributed by atoms with Gasteiger partial charge in [0, 0.05) is 18.1 Å². The molecule has 7 heteroatoms. The molecule has 116 valence electrons. The van der Waals surface area contributed by atoms with Gasteiger partial charge in [0.25, 0.3) is 5.91 Å². The van der Waals surface area contributed by atoms with E-state index in [2.05, 4.69) is 20.4 Å². The molecule has 0 aliphatic heterocycles. The van der Waals surface area contributed by atoms with E-state index in [0.29, 0.717) is 34.3 Å². The smallest absolute Gasteiger partial charge is 0.261 e. The maximum atomic E-state index is 12.2. The number of amides is 1. The van der Waals surface area contributed by atoms with Gasteiger partial charge in [0.2, 0.25) is 5.88 Å². The van der Waals surface area contributed by atoms with Gasteiger partial charge in [-0.2, -0.15) is 0 Å². The number of hydrogen-bond acceptors (Lipinski definition) is 6. The Labute approximate surface area is 132 Å². The Bertz CT molecular complexity index is 794. The molecule has 0 aliphatic rings. The lowest BCUT2D eigenvalue weighted by molar-refractivity contribution is 0.102. The van der Waals surface area contributed by atoms with Gasteiger partial charge < -0.3 is 14.6 Å². The Hall–Kier alpha value is -3.22. The number of benzene rings is 1. The molecule has 1 amide bonds. The van der Waals surface area contributed by atoms with Crippen molar-refractivity contribution in [3.63, 3.8) is 0 Å². The van der Waals surface area contributed by atoms with Crippen molar-refractivity contribution in [3.05, 3.63) is 59.9 Å². The van der Waals surface area contributed by atoms with Gasteiger partial charge in [0.05, 0.1) is 11.9 Å². The number of ether oxygens (including phenoxy) is 1. The van der Waals surface area contributed by atoms with Gasteiger partial charge >= 0.3 is 0 Å². The van der Waals surface area contributed by atoms with Gasteiger partial charge in [-0.05, 0) is 38.1 Å². The third-order valence-corrected chi connectivity index (χ3v) is 3.13. The van der Waals surface area contributed by atoms with Crippen LogP contribution in [0.4, 0.5) is 5.69 Å². The van der Waals surface area contributed by atoms with Gasteiger partial charge in [0.1, 0.15) is 17.1 Å². The fourth-order valence-electron chi connectivity index (χ4n) is 2.07. The summed E-state index contributed by atoms with van der Waals surface area (Å²) in [5.74, 6) is 1.23. The van der Waals surface area contributed by atoms with Crippen LogP contribution in [0.25, 0.3) is 0 Å². The lowest BCUT2D eigenvalue weighted by Crippen LogP contribution is -2.13. The molecule has 0 aliphatic carbocycles. The summed E-state index contributed by atoms with van der Waals surface area (Å²) in [5, 5.41) is 6.57. The van der Waals surface area contributed by atoms with Crippen LogP contribution in [-0.4, -0.2) is 21.0 Å². The number of nitrogens with zero attached hydrogens (tertiary/aromatic N) is 3. The molecule has 23 heavy (non-hydrogen) atoms. The minimum atomic E-state index is -0.260. The van der Waals surface area contributed by atoms with Crippen molar-refractivity contribution in [3.8, 4) is 11.6 Å². The Balaban J connectivity index is 1.69. The van der Waals surface area contributed by atoms with Crippen LogP contribution in [0.1, 0.15) is 21.8 Å². The standard InChI is InChI=1S/C16H14N4O3/c1-10-15(11(2)23-20-10)16(21)19-12-3-5-13(6-4-12)22-14-9-17-7-8-18-14/h3-9H,1-2H3,(H,19,21). The minimum absolute atomic E-state index is 0.260. The van der Waals surface area contributed by atoms with Crippen molar-refractivity contribution >= 4 is 11.6 Å². The molecule has 0 saturated heterocycles. The zero-order valence-electron chi connectivity index (χ0n) is 12.6. The van der Waals surface area contributed by atoms with Crippen molar-refractivity contribution in [1.29, 1.82) is 0 Å². The lowest BCUT2D eigenvalue weighted by Gasteiger charge is -2.07. The number of aryl methyl sites for hydroxylation is 2. The van der Waals surface area contributed by atoms with E-state index in [-0.39, 0.29) is 5.91 Å². The molecule has 0 unspecified atom stereocenters. The number of aromatic nitrogens is 3. The largest absolute Gasteiger partial charge is 0.438 e. The summed E-state index contributed by atoms with van der Waals surface area (Å²) in [6, 6.07) is 6.94. The number of carbonyl (C=O) groups is 1. The van der Waals surface area contributed by atoms with E-state index < -0.39 is 0 Å². The zero-order valence-corrected chi connectivity index (χ0v) is 12.6. The molecular weight excluding hydrogens is 296 g/mol. The van der Waals surface area contributed by atoms with E-state index in [0.717, 1.165) is 0 Å². The number of anilines is 1. The highest BCUT2D eigenvalue weighted by atomic mass is 16.5. The summed E-state index contributed by atoms with van der Waals surface area (Å²) in [6.45, 7) is 3.43. The second kappa shape index (κ2) is 6.27. The summed E-state index contributed by atoms with van der Waals surface area (Å²) in [6.07, 6.45) is 4.64. The average molecular weight is 310 g/mol. The van der Waals surface area contributed by atoms with E-state index in [1.54, 1.807) is 50.5 Å². The van der Waals surface area contributed by atoms with Crippen LogP contribution < -0.4 is 10.1 Å². The van der Waals surface area contributed by atoms with Gasteiger partial charge in [-0.1, -0.05) is 5.16 Å². The maximum absolute atomic E-state index is 12.2. The first kappa shape index (κ1) is 14.7. The number of nitrogens with one attached hydrogen (secondary N) is 1. The van der Waals surface area contributed by atoms with Crippen molar-refractivity contribution in [1.82, 2.24) is 15.1 Å². The van der Waals surface area contributed by atoms with Crippen LogP contribution in [0, 0.1) is 13.8 Å². The van der Waals surface area contributed by atoms with Gasteiger partial charge in [0.15, 0.2) is 0 Å². The Morgan fingerprint density at radius 2 is 1.96 bits per heavy atom. The molecule has 2 aromatic heterocycles. The summed E-state index contributed by atoms with van der Waals surface area (Å²) in [4.78, 5) is 20.2. The highest BCUT2D eigenvalue weighted by Crippen LogP contribution is 2.21. The van der Waals surface area contributed by atoms with Crippen LogP contribution in [0.3, 0.4) is 0 Å².